The van der Waals surface area contributed by atoms with Gasteiger partial charge in [-0.15, -0.1) is 11.3 Å². The highest BCUT2D eigenvalue weighted by Gasteiger charge is 2.05. The molecule has 0 bridgehead atoms. The quantitative estimate of drug-likeness (QED) is 0.675. The molecule has 4 nitrogen and oxygen atoms in total. The summed E-state index contributed by atoms with van der Waals surface area (Å²) in [5, 5.41) is 4.99. The van der Waals surface area contributed by atoms with Gasteiger partial charge in [0.2, 0.25) is 5.91 Å². The van der Waals surface area contributed by atoms with Gasteiger partial charge in [0.1, 0.15) is 0 Å². The van der Waals surface area contributed by atoms with E-state index < -0.39 is 0 Å². The van der Waals surface area contributed by atoms with Crippen molar-refractivity contribution in [3.05, 3.63) is 46.7 Å². The molecule has 0 aliphatic rings. The molecule has 23 heavy (non-hydrogen) atoms. The largest absolute Gasteiger partial charge is 0.490 e. The molecule has 1 aromatic heterocycles. The monoisotopic (exact) mass is 333 g/mol. The highest BCUT2D eigenvalue weighted by Crippen LogP contribution is 2.26. The molecule has 1 heterocycles. The lowest BCUT2D eigenvalue weighted by Gasteiger charge is -2.11. The Balaban J connectivity index is 1.60. The maximum absolute atomic E-state index is 11.8. The van der Waals surface area contributed by atoms with Crippen molar-refractivity contribution in [2.24, 2.45) is 0 Å². The fraction of sp³-hybridized carbons (Fsp3) is 0.389. The van der Waals surface area contributed by atoms with E-state index in [4.69, 9.17) is 9.47 Å². The Morgan fingerprint density at radius 3 is 2.61 bits per heavy atom. The van der Waals surface area contributed by atoms with Crippen molar-refractivity contribution < 1.29 is 14.3 Å². The second-order valence-corrected chi connectivity index (χ2v) is 6.04. The number of para-hydroxylation sites is 2. The standard InChI is InChI=1S/C18H23NO3S/c1-2-21-16-8-3-4-9-17(16)22-13-5-10-18(20)19-12-11-15-7-6-14-23-15/h3-4,6-9,14H,2,5,10-13H2,1H3,(H,19,20). The smallest absolute Gasteiger partial charge is 0.220 e. The number of thiophene rings is 1. The molecule has 1 aromatic carbocycles. The molecular formula is C18H23NO3S. The summed E-state index contributed by atoms with van der Waals surface area (Å²) in [5.74, 6) is 1.55. The van der Waals surface area contributed by atoms with E-state index in [1.165, 1.54) is 4.88 Å². The van der Waals surface area contributed by atoms with E-state index in [-0.39, 0.29) is 5.91 Å². The number of carbonyl (C=O) groups excluding carboxylic acids is 1. The molecule has 1 amide bonds. The molecule has 0 aliphatic heterocycles. The van der Waals surface area contributed by atoms with Crippen molar-refractivity contribution in [2.45, 2.75) is 26.2 Å². The van der Waals surface area contributed by atoms with Crippen LogP contribution in [-0.4, -0.2) is 25.7 Å². The molecule has 0 fully saturated rings. The molecule has 1 N–H and O–H groups in total. The van der Waals surface area contributed by atoms with E-state index in [1.807, 2.05) is 37.3 Å². The molecule has 124 valence electrons. The summed E-state index contributed by atoms with van der Waals surface area (Å²) in [4.78, 5) is 13.1. The van der Waals surface area contributed by atoms with Crippen molar-refractivity contribution in [2.75, 3.05) is 19.8 Å². The molecule has 0 spiro atoms. The fourth-order valence-electron chi connectivity index (χ4n) is 2.13. The van der Waals surface area contributed by atoms with Crippen molar-refractivity contribution in [3.8, 4) is 11.5 Å². The average molecular weight is 333 g/mol. The van der Waals surface area contributed by atoms with E-state index in [9.17, 15) is 4.79 Å². The minimum Gasteiger partial charge on any atom is -0.490 e. The predicted molar refractivity (Wildman–Crippen MR) is 93.4 cm³/mol. The van der Waals surface area contributed by atoms with Crippen molar-refractivity contribution >= 4 is 17.2 Å². The lowest BCUT2D eigenvalue weighted by atomic mass is 10.3. The molecule has 0 saturated carbocycles. The van der Waals surface area contributed by atoms with Crippen LogP contribution in [0.5, 0.6) is 11.5 Å². The maximum Gasteiger partial charge on any atom is 0.220 e. The lowest BCUT2D eigenvalue weighted by molar-refractivity contribution is -0.121. The molecular weight excluding hydrogens is 310 g/mol. The maximum atomic E-state index is 11.8. The Hall–Kier alpha value is -2.01. The Morgan fingerprint density at radius 2 is 1.91 bits per heavy atom. The van der Waals surface area contributed by atoms with Crippen LogP contribution in [0.25, 0.3) is 0 Å². The van der Waals surface area contributed by atoms with Gasteiger partial charge < -0.3 is 14.8 Å². The normalized spacial score (nSPS) is 10.3. The molecule has 0 atom stereocenters. The Kier molecular flexibility index (Phi) is 7.46. The Bertz CT molecular complexity index is 584. The first-order valence-corrected chi connectivity index (χ1v) is 8.81. The number of ether oxygens (including phenoxy) is 2. The van der Waals surface area contributed by atoms with Gasteiger partial charge in [-0.05, 0) is 43.3 Å². The molecule has 2 aromatic rings. The van der Waals surface area contributed by atoms with Crippen LogP contribution in [0.1, 0.15) is 24.6 Å². The van der Waals surface area contributed by atoms with E-state index in [0.29, 0.717) is 32.6 Å². The van der Waals surface area contributed by atoms with Gasteiger partial charge in [-0.1, -0.05) is 18.2 Å². The number of rotatable bonds is 10. The first-order valence-electron chi connectivity index (χ1n) is 7.93. The number of hydrogen-bond donors (Lipinski definition) is 1. The highest BCUT2D eigenvalue weighted by molar-refractivity contribution is 7.09. The summed E-state index contributed by atoms with van der Waals surface area (Å²) >= 11 is 1.72. The zero-order chi connectivity index (χ0) is 16.3. The first kappa shape index (κ1) is 17.3. The third-order valence-corrected chi connectivity index (χ3v) is 4.16. The Labute approximate surface area is 141 Å². The molecule has 5 heteroatoms. The zero-order valence-electron chi connectivity index (χ0n) is 13.4. The third kappa shape index (κ3) is 6.32. The minimum absolute atomic E-state index is 0.0725. The van der Waals surface area contributed by atoms with Crippen LogP contribution in [-0.2, 0) is 11.2 Å². The lowest BCUT2D eigenvalue weighted by Crippen LogP contribution is -2.25. The second kappa shape index (κ2) is 9.90. The molecule has 0 saturated heterocycles. The van der Waals surface area contributed by atoms with Crippen LogP contribution in [0.3, 0.4) is 0 Å². The zero-order valence-corrected chi connectivity index (χ0v) is 14.2. The summed E-state index contributed by atoms with van der Waals surface area (Å²) in [5.41, 5.74) is 0. The Morgan fingerprint density at radius 1 is 1.13 bits per heavy atom. The topological polar surface area (TPSA) is 47.6 Å². The van der Waals surface area contributed by atoms with Crippen molar-refractivity contribution in [3.63, 3.8) is 0 Å². The summed E-state index contributed by atoms with van der Waals surface area (Å²) in [6.07, 6.45) is 2.05. The minimum atomic E-state index is 0.0725. The van der Waals surface area contributed by atoms with Gasteiger partial charge in [0, 0.05) is 17.8 Å². The van der Waals surface area contributed by atoms with Crippen LogP contribution in [0.4, 0.5) is 0 Å². The fourth-order valence-corrected chi connectivity index (χ4v) is 2.84. The van der Waals surface area contributed by atoms with Crippen LogP contribution in [0, 0.1) is 0 Å². The van der Waals surface area contributed by atoms with Gasteiger partial charge in [-0.3, -0.25) is 4.79 Å². The van der Waals surface area contributed by atoms with E-state index in [2.05, 4.69) is 16.8 Å². The van der Waals surface area contributed by atoms with Crippen molar-refractivity contribution in [1.29, 1.82) is 0 Å². The van der Waals surface area contributed by atoms with Gasteiger partial charge in [-0.2, -0.15) is 0 Å². The number of nitrogens with one attached hydrogen (secondary N) is 1. The third-order valence-electron chi connectivity index (χ3n) is 3.23. The number of benzene rings is 1. The molecule has 0 aliphatic carbocycles. The highest BCUT2D eigenvalue weighted by atomic mass is 32.1. The van der Waals surface area contributed by atoms with Crippen LogP contribution < -0.4 is 14.8 Å². The van der Waals surface area contributed by atoms with Gasteiger partial charge >= 0.3 is 0 Å². The van der Waals surface area contributed by atoms with E-state index in [1.54, 1.807) is 11.3 Å². The van der Waals surface area contributed by atoms with Gasteiger partial charge in [0.25, 0.3) is 0 Å². The summed E-state index contributed by atoms with van der Waals surface area (Å²) < 4.78 is 11.2. The van der Waals surface area contributed by atoms with E-state index >= 15 is 0 Å². The molecule has 0 radical (unpaired) electrons. The number of amides is 1. The first-order chi connectivity index (χ1) is 11.3. The predicted octanol–water partition coefficient (Wildman–Crippen LogP) is 3.66. The number of carbonyl (C=O) groups is 1. The van der Waals surface area contributed by atoms with E-state index in [0.717, 1.165) is 17.9 Å². The van der Waals surface area contributed by atoms with Crippen molar-refractivity contribution in [1.82, 2.24) is 5.32 Å². The SMILES string of the molecule is CCOc1ccccc1OCCCC(=O)NCCc1cccs1. The average Bonchev–Trinajstić information content (AvgIpc) is 3.07. The van der Waals surface area contributed by atoms with Crippen LogP contribution >= 0.6 is 11.3 Å². The van der Waals surface area contributed by atoms with Gasteiger partial charge in [0.15, 0.2) is 11.5 Å². The van der Waals surface area contributed by atoms with Gasteiger partial charge in [-0.25, -0.2) is 0 Å². The molecule has 2 rings (SSSR count). The van der Waals surface area contributed by atoms with Gasteiger partial charge in [0.05, 0.1) is 13.2 Å². The second-order valence-electron chi connectivity index (χ2n) is 5.01. The van der Waals surface area contributed by atoms with Crippen LogP contribution in [0.15, 0.2) is 41.8 Å². The summed E-state index contributed by atoms with van der Waals surface area (Å²) in [6, 6.07) is 11.7. The summed E-state index contributed by atoms with van der Waals surface area (Å²) in [6.45, 7) is 3.74. The summed E-state index contributed by atoms with van der Waals surface area (Å²) in [7, 11) is 0. The number of hydrogen-bond acceptors (Lipinski definition) is 4. The van der Waals surface area contributed by atoms with Crippen LogP contribution in [0.2, 0.25) is 0 Å². The molecule has 0 unspecified atom stereocenters.